The van der Waals surface area contributed by atoms with E-state index in [2.05, 4.69) is 25.2 Å². The van der Waals surface area contributed by atoms with Crippen molar-refractivity contribution < 1.29 is 8.85 Å². The van der Waals surface area contributed by atoms with Gasteiger partial charge in [0.25, 0.3) is 0 Å². The Morgan fingerprint density at radius 2 is 1.12 bits per heavy atom. The maximum Gasteiger partial charge on any atom is 0.454 e. The Hall–Kier alpha value is -1.74. The van der Waals surface area contributed by atoms with Crippen LogP contribution in [0.15, 0.2) is 48.5 Å². The summed E-state index contributed by atoms with van der Waals surface area (Å²) in [6.45, 7) is 4.12. The van der Waals surface area contributed by atoms with Crippen molar-refractivity contribution in [3.8, 4) is 22.6 Å². The Balaban J connectivity index is 2.28. The fraction of sp³-hybridized carbons (Fsp3) is 0.143. The number of hydrogen-bond donors (Lipinski definition) is 0. The minimum atomic E-state index is -2.14. The lowest BCUT2D eigenvalue weighted by Crippen LogP contribution is -2.41. The lowest BCUT2D eigenvalue weighted by Gasteiger charge is -2.22. The first-order valence-corrected chi connectivity index (χ1v) is 8.54. The third-order valence-corrected chi connectivity index (χ3v) is 4.20. The molecule has 0 amide bonds. The predicted octanol–water partition coefficient (Wildman–Crippen LogP) is 3.83. The second kappa shape index (κ2) is 3.63. The molecular weight excluding hydrogens is 228 g/mol. The quantitative estimate of drug-likeness (QED) is 0.654. The van der Waals surface area contributed by atoms with Crippen molar-refractivity contribution in [1.82, 2.24) is 0 Å². The number of hydrogen-bond acceptors (Lipinski definition) is 2. The molecule has 2 aromatic rings. The average Bonchev–Trinajstić information content (AvgIpc) is 2.40. The molecule has 86 valence electrons. The van der Waals surface area contributed by atoms with Gasteiger partial charge in [0, 0.05) is 24.2 Å². The van der Waals surface area contributed by atoms with Gasteiger partial charge < -0.3 is 8.85 Å². The second-order valence-corrected chi connectivity index (χ2v) is 7.80. The van der Waals surface area contributed by atoms with E-state index >= 15 is 0 Å². The molecule has 2 nitrogen and oxygen atoms in total. The topological polar surface area (TPSA) is 18.5 Å². The standard InChI is InChI=1S/C14H14O2Si/c1-17(2)15-13-9-5-3-7-11(13)12-8-4-6-10-14(12)16-17/h3-10H,1-2H3. The summed E-state index contributed by atoms with van der Waals surface area (Å²) >= 11 is 0. The number of rotatable bonds is 0. The smallest absolute Gasteiger partial charge is 0.454 e. The van der Waals surface area contributed by atoms with E-state index < -0.39 is 8.56 Å². The van der Waals surface area contributed by atoms with Crippen LogP contribution in [0.4, 0.5) is 0 Å². The number of benzene rings is 2. The monoisotopic (exact) mass is 242 g/mol. The van der Waals surface area contributed by atoms with Crippen molar-refractivity contribution in [3.05, 3.63) is 48.5 Å². The highest BCUT2D eigenvalue weighted by molar-refractivity contribution is 6.66. The van der Waals surface area contributed by atoms with Gasteiger partial charge >= 0.3 is 8.56 Å². The summed E-state index contributed by atoms with van der Waals surface area (Å²) in [5.41, 5.74) is 2.22. The zero-order valence-corrected chi connectivity index (χ0v) is 10.9. The van der Waals surface area contributed by atoms with Gasteiger partial charge in [-0.05, 0) is 12.1 Å². The molecule has 0 atom stereocenters. The van der Waals surface area contributed by atoms with Gasteiger partial charge in [-0.15, -0.1) is 0 Å². The van der Waals surface area contributed by atoms with Gasteiger partial charge in [-0.2, -0.15) is 0 Å². The lowest BCUT2D eigenvalue weighted by molar-refractivity contribution is 0.407. The molecular formula is C14H14O2Si. The molecule has 0 saturated carbocycles. The van der Waals surface area contributed by atoms with E-state index in [1.807, 2.05) is 36.4 Å². The molecule has 0 spiro atoms. The summed E-state index contributed by atoms with van der Waals surface area (Å²) in [4.78, 5) is 0. The second-order valence-electron chi connectivity index (χ2n) is 4.60. The molecule has 17 heavy (non-hydrogen) atoms. The van der Waals surface area contributed by atoms with Gasteiger partial charge in [-0.1, -0.05) is 36.4 Å². The van der Waals surface area contributed by atoms with Crippen molar-refractivity contribution in [1.29, 1.82) is 0 Å². The van der Waals surface area contributed by atoms with E-state index in [9.17, 15) is 0 Å². The van der Waals surface area contributed by atoms with Crippen LogP contribution in [-0.2, 0) is 0 Å². The highest BCUT2D eigenvalue weighted by atomic mass is 28.4. The van der Waals surface area contributed by atoms with Crippen LogP contribution in [0.3, 0.4) is 0 Å². The van der Waals surface area contributed by atoms with Crippen LogP contribution in [0.25, 0.3) is 11.1 Å². The van der Waals surface area contributed by atoms with Crippen molar-refractivity contribution in [2.75, 3.05) is 0 Å². The van der Waals surface area contributed by atoms with Crippen LogP contribution < -0.4 is 8.85 Å². The van der Waals surface area contributed by atoms with E-state index in [0.29, 0.717) is 0 Å². The molecule has 0 fully saturated rings. The van der Waals surface area contributed by atoms with E-state index in [-0.39, 0.29) is 0 Å². The molecule has 0 radical (unpaired) electrons. The predicted molar refractivity (Wildman–Crippen MR) is 70.6 cm³/mol. The lowest BCUT2D eigenvalue weighted by atomic mass is 10.0. The van der Waals surface area contributed by atoms with Crippen LogP contribution in [0.5, 0.6) is 11.5 Å². The summed E-state index contributed by atoms with van der Waals surface area (Å²) in [7, 11) is -2.14. The largest absolute Gasteiger partial charge is 0.512 e. The molecule has 0 saturated heterocycles. The fourth-order valence-corrected chi connectivity index (χ4v) is 3.56. The first-order valence-electron chi connectivity index (χ1n) is 5.72. The van der Waals surface area contributed by atoms with Gasteiger partial charge in [0.1, 0.15) is 11.5 Å². The van der Waals surface area contributed by atoms with Gasteiger partial charge in [-0.3, -0.25) is 0 Å². The summed E-state index contributed by atoms with van der Waals surface area (Å²) in [6.07, 6.45) is 0. The summed E-state index contributed by atoms with van der Waals surface area (Å²) in [6, 6.07) is 16.2. The highest BCUT2D eigenvalue weighted by Gasteiger charge is 2.33. The van der Waals surface area contributed by atoms with Gasteiger partial charge in [-0.25, -0.2) is 0 Å². The van der Waals surface area contributed by atoms with E-state index in [0.717, 1.165) is 22.6 Å². The minimum Gasteiger partial charge on any atom is -0.512 e. The Morgan fingerprint density at radius 1 is 0.706 bits per heavy atom. The van der Waals surface area contributed by atoms with Crippen LogP contribution in [0, 0.1) is 0 Å². The summed E-state index contributed by atoms with van der Waals surface area (Å²) in [5.74, 6) is 1.85. The maximum absolute atomic E-state index is 6.04. The normalized spacial score (nSPS) is 15.9. The highest BCUT2D eigenvalue weighted by Crippen LogP contribution is 2.40. The number of fused-ring (bicyclic) bond motifs is 3. The van der Waals surface area contributed by atoms with Crippen molar-refractivity contribution in [2.24, 2.45) is 0 Å². The molecule has 1 aliphatic rings. The molecule has 3 rings (SSSR count). The molecule has 0 aromatic heterocycles. The molecule has 0 bridgehead atoms. The molecule has 0 N–H and O–H groups in total. The van der Waals surface area contributed by atoms with Crippen molar-refractivity contribution in [3.63, 3.8) is 0 Å². The molecule has 0 aliphatic carbocycles. The fourth-order valence-electron chi connectivity index (χ4n) is 2.11. The van der Waals surface area contributed by atoms with Crippen molar-refractivity contribution in [2.45, 2.75) is 13.1 Å². The van der Waals surface area contributed by atoms with Gasteiger partial charge in [0.15, 0.2) is 0 Å². The summed E-state index contributed by atoms with van der Waals surface area (Å²) in [5, 5.41) is 0. The van der Waals surface area contributed by atoms with Gasteiger partial charge in [0.05, 0.1) is 0 Å². The maximum atomic E-state index is 6.04. The summed E-state index contributed by atoms with van der Waals surface area (Å²) < 4.78 is 12.1. The minimum absolute atomic E-state index is 0.925. The van der Waals surface area contributed by atoms with Crippen LogP contribution in [0.2, 0.25) is 13.1 Å². The average molecular weight is 242 g/mol. The SMILES string of the molecule is C[Si]1(C)Oc2ccccc2-c2ccccc2O1. The molecule has 2 aromatic carbocycles. The molecule has 0 unspecified atom stereocenters. The molecule has 3 heteroatoms. The Labute approximate surface area is 102 Å². The molecule has 1 aliphatic heterocycles. The number of para-hydroxylation sites is 2. The van der Waals surface area contributed by atoms with Crippen LogP contribution >= 0.6 is 0 Å². The third kappa shape index (κ3) is 1.83. The van der Waals surface area contributed by atoms with Gasteiger partial charge in [0.2, 0.25) is 0 Å². The zero-order valence-electron chi connectivity index (χ0n) is 9.94. The van der Waals surface area contributed by atoms with Crippen LogP contribution in [0.1, 0.15) is 0 Å². The Morgan fingerprint density at radius 3 is 1.59 bits per heavy atom. The Kier molecular flexibility index (Phi) is 2.23. The van der Waals surface area contributed by atoms with E-state index in [1.54, 1.807) is 0 Å². The first-order chi connectivity index (χ1) is 8.16. The van der Waals surface area contributed by atoms with Crippen molar-refractivity contribution >= 4 is 8.56 Å². The zero-order chi connectivity index (χ0) is 11.9. The van der Waals surface area contributed by atoms with E-state index in [1.165, 1.54) is 0 Å². The molecule has 1 heterocycles. The first kappa shape index (κ1) is 10.4. The Bertz CT molecular complexity index is 514. The van der Waals surface area contributed by atoms with Crippen LogP contribution in [-0.4, -0.2) is 8.56 Å². The van der Waals surface area contributed by atoms with E-state index in [4.69, 9.17) is 8.85 Å². The third-order valence-electron chi connectivity index (χ3n) is 2.78.